The topological polar surface area (TPSA) is 64.5 Å². The number of carbonyl (C=O) groups is 1. The molecule has 0 amide bonds. The van der Waals surface area contributed by atoms with E-state index in [9.17, 15) is 4.79 Å². The number of hydrogen-bond acceptors (Lipinski definition) is 6. The maximum absolute atomic E-state index is 11.7. The number of fused-ring (bicyclic) bond motifs is 2. The standard InChI is InChI=1S/C26H26ClN3O3/c1-32-23-10-8-18(15-20(23)27)25-28-21-6-4-3-5-19(21)26(29-25)30-12-11-17-13-16(7-9-22(17)30)14-24(31)33-2/h7-10,13,15H,3-6,11-12,14H2,1-2H3. The molecule has 6 nitrogen and oxygen atoms in total. The SMILES string of the molecule is COC(=O)Cc1ccc2c(c1)CCN2c1nc(-c2ccc(OC)c(Cl)c2)nc2c1CCCC2. The molecule has 33 heavy (non-hydrogen) atoms. The van der Waals surface area contributed by atoms with Gasteiger partial charge in [-0.15, -0.1) is 0 Å². The van der Waals surface area contributed by atoms with Gasteiger partial charge in [0.15, 0.2) is 5.82 Å². The minimum atomic E-state index is -0.225. The van der Waals surface area contributed by atoms with E-state index in [2.05, 4.69) is 17.0 Å². The molecule has 1 aromatic heterocycles. The van der Waals surface area contributed by atoms with Crippen LogP contribution in [0.25, 0.3) is 11.4 Å². The lowest BCUT2D eigenvalue weighted by Gasteiger charge is -2.26. The molecule has 0 saturated carbocycles. The van der Waals surface area contributed by atoms with E-state index in [0.717, 1.165) is 67.0 Å². The van der Waals surface area contributed by atoms with Crippen molar-refractivity contribution in [2.45, 2.75) is 38.5 Å². The number of carbonyl (C=O) groups excluding carboxylic acids is 1. The van der Waals surface area contributed by atoms with Crippen molar-refractivity contribution in [3.8, 4) is 17.1 Å². The Hall–Kier alpha value is -3.12. The summed E-state index contributed by atoms with van der Waals surface area (Å²) in [5.41, 5.74) is 6.60. The lowest BCUT2D eigenvalue weighted by Crippen LogP contribution is -2.21. The number of anilines is 2. The summed E-state index contributed by atoms with van der Waals surface area (Å²) in [6, 6.07) is 11.9. The van der Waals surface area contributed by atoms with Gasteiger partial charge in [0.2, 0.25) is 0 Å². The molecule has 0 spiro atoms. The van der Waals surface area contributed by atoms with Crippen LogP contribution in [0.4, 0.5) is 11.5 Å². The molecular weight excluding hydrogens is 438 g/mol. The highest BCUT2D eigenvalue weighted by molar-refractivity contribution is 6.32. The second kappa shape index (κ2) is 9.02. The third kappa shape index (κ3) is 4.15. The summed E-state index contributed by atoms with van der Waals surface area (Å²) in [5, 5.41) is 0.544. The summed E-state index contributed by atoms with van der Waals surface area (Å²) in [6.07, 6.45) is 5.43. The number of esters is 1. The van der Waals surface area contributed by atoms with Crippen LogP contribution in [0.15, 0.2) is 36.4 Å². The van der Waals surface area contributed by atoms with Crippen molar-refractivity contribution in [2.24, 2.45) is 0 Å². The molecule has 2 aliphatic rings. The Morgan fingerprint density at radius 1 is 1.06 bits per heavy atom. The van der Waals surface area contributed by atoms with Gasteiger partial charge in [0.25, 0.3) is 0 Å². The molecule has 0 unspecified atom stereocenters. The molecule has 5 rings (SSSR count). The molecule has 170 valence electrons. The molecule has 0 bridgehead atoms. The number of aromatic nitrogens is 2. The van der Waals surface area contributed by atoms with E-state index in [4.69, 9.17) is 31.0 Å². The predicted octanol–water partition coefficient (Wildman–Crippen LogP) is 5.09. The van der Waals surface area contributed by atoms with Crippen LogP contribution in [0, 0.1) is 0 Å². The Bertz CT molecular complexity index is 1230. The molecule has 1 aliphatic heterocycles. The number of methoxy groups -OCH3 is 2. The van der Waals surface area contributed by atoms with E-state index < -0.39 is 0 Å². The van der Waals surface area contributed by atoms with Crippen molar-refractivity contribution in [1.29, 1.82) is 0 Å². The fourth-order valence-electron chi connectivity index (χ4n) is 4.76. The van der Waals surface area contributed by atoms with Gasteiger partial charge in [-0.25, -0.2) is 9.97 Å². The van der Waals surface area contributed by atoms with Crippen molar-refractivity contribution in [1.82, 2.24) is 9.97 Å². The van der Waals surface area contributed by atoms with Crippen molar-refractivity contribution in [3.05, 3.63) is 63.8 Å². The van der Waals surface area contributed by atoms with Crippen LogP contribution in [-0.4, -0.2) is 36.7 Å². The van der Waals surface area contributed by atoms with Crippen LogP contribution >= 0.6 is 11.6 Å². The lowest BCUT2D eigenvalue weighted by atomic mass is 9.95. The zero-order valence-electron chi connectivity index (χ0n) is 18.9. The normalized spacial score (nSPS) is 14.6. The second-order valence-corrected chi connectivity index (χ2v) is 8.88. The van der Waals surface area contributed by atoms with Crippen molar-refractivity contribution >= 4 is 29.1 Å². The highest BCUT2D eigenvalue weighted by Gasteiger charge is 2.28. The summed E-state index contributed by atoms with van der Waals surface area (Å²) < 4.78 is 10.1. The van der Waals surface area contributed by atoms with Crippen molar-refractivity contribution in [2.75, 3.05) is 25.7 Å². The van der Waals surface area contributed by atoms with Gasteiger partial charge in [-0.2, -0.15) is 0 Å². The van der Waals surface area contributed by atoms with Gasteiger partial charge in [-0.1, -0.05) is 23.7 Å². The minimum absolute atomic E-state index is 0.225. The third-order valence-electron chi connectivity index (χ3n) is 6.44. The summed E-state index contributed by atoms with van der Waals surface area (Å²) in [4.78, 5) is 24.0. The van der Waals surface area contributed by atoms with E-state index >= 15 is 0 Å². The van der Waals surface area contributed by atoms with Crippen LogP contribution in [0.2, 0.25) is 5.02 Å². The Kier molecular flexibility index (Phi) is 5.94. The van der Waals surface area contributed by atoms with E-state index in [1.54, 1.807) is 7.11 Å². The highest BCUT2D eigenvalue weighted by Crippen LogP contribution is 2.40. The predicted molar refractivity (Wildman–Crippen MR) is 129 cm³/mol. The van der Waals surface area contributed by atoms with E-state index in [0.29, 0.717) is 16.6 Å². The quantitative estimate of drug-likeness (QED) is 0.491. The summed E-state index contributed by atoms with van der Waals surface area (Å²) in [7, 11) is 3.03. The first-order valence-electron chi connectivity index (χ1n) is 11.3. The van der Waals surface area contributed by atoms with Gasteiger partial charge >= 0.3 is 5.97 Å². The maximum Gasteiger partial charge on any atom is 0.309 e. The van der Waals surface area contributed by atoms with Crippen molar-refractivity contribution in [3.63, 3.8) is 0 Å². The Labute approximate surface area is 198 Å². The van der Waals surface area contributed by atoms with Crippen LogP contribution in [0.1, 0.15) is 35.2 Å². The van der Waals surface area contributed by atoms with Gasteiger partial charge in [-0.05, 0) is 67.5 Å². The van der Waals surface area contributed by atoms with Gasteiger partial charge in [-0.3, -0.25) is 4.79 Å². The van der Waals surface area contributed by atoms with Gasteiger partial charge in [0.1, 0.15) is 11.6 Å². The van der Waals surface area contributed by atoms with Gasteiger partial charge < -0.3 is 14.4 Å². The molecule has 0 radical (unpaired) electrons. The number of benzene rings is 2. The van der Waals surface area contributed by atoms with E-state index in [1.165, 1.54) is 18.2 Å². The first-order valence-corrected chi connectivity index (χ1v) is 11.6. The number of hydrogen-bond donors (Lipinski definition) is 0. The molecule has 0 fully saturated rings. The molecule has 2 aromatic carbocycles. The largest absolute Gasteiger partial charge is 0.495 e. The fourth-order valence-corrected chi connectivity index (χ4v) is 5.01. The minimum Gasteiger partial charge on any atom is -0.495 e. The monoisotopic (exact) mass is 463 g/mol. The highest BCUT2D eigenvalue weighted by atomic mass is 35.5. The number of nitrogens with zero attached hydrogens (tertiary/aromatic N) is 3. The first-order chi connectivity index (χ1) is 16.1. The molecule has 3 aromatic rings. The smallest absolute Gasteiger partial charge is 0.309 e. The number of ether oxygens (including phenoxy) is 2. The molecule has 1 aliphatic carbocycles. The molecular formula is C26H26ClN3O3. The molecule has 7 heteroatoms. The number of aryl methyl sites for hydroxylation is 1. The molecule has 0 saturated heterocycles. The third-order valence-corrected chi connectivity index (χ3v) is 6.74. The maximum atomic E-state index is 11.7. The van der Waals surface area contributed by atoms with Gasteiger partial charge in [0, 0.05) is 29.1 Å². The van der Waals surface area contributed by atoms with Crippen LogP contribution in [-0.2, 0) is 35.2 Å². The lowest BCUT2D eigenvalue weighted by molar-refractivity contribution is -0.139. The fraction of sp³-hybridized carbons (Fsp3) is 0.346. The number of halogens is 1. The summed E-state index contributed by atoms with van der Waals surface area (Å²) >= 11 is 6.39. The average molecular weight is 464 g/mol. The van der Waals surface area contributed by atoms with Crippen LogP contribution in [0.5, 0.6) is 5.75 Å². The molecule has 0 atom stereocenters. The van der Waals surface area contributed by atoms with Crippen LogP contribution < -0.4 is 9.64 Å². The zero-order chi connectivity index (χ0) is 22.9. The average Bonchev–Trinajstić information content (AvgIpc) is 3.26. The Morgan fingerprint density at radius 3 is 2.70 bits per heavy atom. The molecule has 0 N–H and O–H groups in total. The first kappa shape index (κ1) is 21.7. The van der Waals surface area contributed by atoms with Crippen LogP contribution in [0.3, 0.4) is 0 Å². The summed E-state index contributed by atoms with van der Waals surface area (Å²) in [5.74, 6) is 2.08. The summed E-state index contributed by atoms with van der Waals surface area (Å²) in [6.45, 7) is 0.850. The van der Waals surface area contributed by atoms with Crippen molar-refractivity contribution < 1.29 is 14.3 Å². The van der Waals surface area contributed by atoms with Gasteiger partial charge in [0.05, 0.1) is 25.7 Å². The molecule has 2 heterocycles. The zero-order valence-corrected chi connectivity index (χ0v) is 19.6. The van der Waals surface area contributed by atoms with E-state index in [-0.39, 0.29) is 12.4 Å². The number of rotatable bonds is 5. The Balaban J connectivity index is 1.56. The van der Waals surface area contributed by atoms with E-state index in [1.807, 2.05) is 24.3 Å². The Morgan fingerprint density at radius 2 is 1.91 bits per heavy atom. The second-order valence-electron chi connectivity index (χ2n) is 8.47.